The molecule has 0 unspecified atom stereocenters. The summed E-state index contributed by atoms with van der Waals surface area (Å²) in [6.45, 7) is 5.20. The molecule has 1 saturated carbocycles. The zero-order chi connectivity index (χ0) is 22.5. The summed E-state index contributed by atoms with van der Waals surface area (Å²) in [5.74, 6) is 3.30. The van der Waals surface area contributed by atoms with Crippen molar-refractivity contribution < 1.29 is 9.53 Å². The average Bonchev–Trinajstić information content (AvgIpc) is 3.19. The van der Waals surface area contributed by atoms with Crippen LogP contribution in [0.25, 0.3) is 16.8 Å². The molecule has 2 heterocycles. The molecule has 32 heavy (non-hydrogen) atoms. The van der Waals surface area contributed by atoms with Crippen LogP contribution >= 0.6 is 0 Å². The zero-order valence-corrected chi connectivity index (χ0v) is 19.0. The largest absolute Gasteiger partial charge is 0.494 e. The molecule has 7 nitrogen and oxygen atoms in total. The third-order valence-corrected chi connectivity index (χ3v) is 6.34. The number of imidazole rings is 1. The fourth-order valence-electron chi connectivity index (χ4n) is 4.56. The first-order valence-electron chi connectivity index (χ1n) is 11.7. The molecular formula is C25H33N5O2. The minimum absolute atomic E-state index is 0.0416. The molecule has 1 amide bonds. The summed E-state index contributed by atoms with van der Waals surface area (Å²) >= 11 is 0. The molecule has 1 aliphatic carbocycles. The summed E-state index contributed by atoms with van der Waals surface area (Å²) < 4.78 is 8.03. The highest BCUT2D eigenvalue weighted by Crippen LogP contribution is 2.38. The second-order valence-corrected chi connectivity index (χ2v) is 8.73. The van der Waals surface area contributed by atoms with E-state index in [1.54, 1.807) is 13.1 Å². The number of ether oxygens (including phenoxy) is 1. The molecule has 0 saturated heterocycles. The number of carbonyl (C=O) groups is 1. The van der Waals surface area contributed by atoms with E-state index in [1.165, 1.54) is 0 Å². The zero-order valence-electron chi connectivity index (χ0n) is 19.0. The van der Waals surface area contributed by atoms with E-state index in [2.05, 4.69) is 27.7 Å². The van der Waals surface area contributed by atoms with E-state index >= 15 is 0 Å². The average molecular weight is 436 g/mol. The SMILES string of the molecule is CCCCOc1cccc(-c2nc([C@H]3CC[C@@H](CNC(C)=O)CC3)n3ccnc(N)c23)c1. The third kappa shape index (κ3) is 4.87. The van der Waals surface area contributed by atoms with Gasteiger partial charge < -0.3 is 15.8 Å². The van der Waals surface area contributed by atoms with Crippen molar-refractivity contribution >= 4 is 17.2 Å². The maximum absolute atomic E-state index is 11.2. The van der Waals surface area contributed by atoms with Gasteiger partial charge in [0.2, 0.25) is 5.91 Å². The summed E-state index contributed by atoms with van der Waals surface area (Å²) in [7, 11) is 0. The maximum atomic E-state index is 11.2. The van der Waals surface area contributed by atoms with Crippen molar-refractivity contribution in [2.75, 3.05) is 18.9 Å². The van der Waals surface area contributed by atoms with Crippen molar-refractivity contribution in [3.05, 3.63) is 42.5 Å². The van der Waals surface area contributed by atoms with Crippen LogP contribution in [0.5, 0.6) is 5.75 Å². The summed E-state index contributed by atoms with van der Waals surface area (Å²) in [4.78, 5) is 20.7. The Hall–Kier alpha value is -3.09. The van der Waals surface area contributed by atoms with Gasteiger partial charge in [-0.15, -0.1) is 0 Å². The Kier molecular flexibility index (Phi) is 6.93. The number of nitrogens with zero attached hydrogens (tertiary/aromatic N) is 3. The molecule has 1 aromatic carbocycles. The molecule has 0 atom stereocenters. The lowest BCUT2D eigenvalue weighted by Gasteiger charge is -2.27. The molecule has 0 spiro atoms. The van der Waals surface area contributed by atoms with Gasteiger partial charge in [-0.25, -0.2) is 9.97 Å². The molecule has 0 radical (unpaired) electrons. The summed E-state index contributed by atoms with van der Waals surface area (Å²) in [6, 6.07) is 8.08. The number of carbonyl (C=O) groups excluding carboxylic acids is 1. The van der Waals surface area contributed by atoms with Crippen LogP contribution in [-0.2, 0) is 4.79 Å². The van der Waals surface area contributed by atoms with Crippen LogP contribution in [0.1, 0.15) is 64.1 Å². The second-order valence-electron chi connectivity index (χ2n) is 8.73. The number of unbranched alkanes of at least 4 members (excludes halogenated alkanes) is 1. The van der Waals surface area contributed by atoms with Crippen molar-refractivity contribution in [2.45, 2.75) is 58.3 Å². The van der Waals surface area contributed by atoms with Crippen molar-refractivity contribution in [3.8, 4) is 17.0 Å². The number of amides is 1. The summed E-state index contributed by atoms with van der Waals surface area (Å²) in [5.41, 5.74) is 9.02. The van der Waals surface area contributed by atoms with Crippen LogP contribution in [0, 0.1) is 5.92 Å². The lowest BCUT2D eigenvalue weighted by atomic mass is 9.81. The van der Waals surface area contributed by atoms with E-state index in [9.17, 15) is 4.79 Å². The number of rotatable bonds is 8. The van der Waals surface area contributed by atoms with E-state index < -0.39 is 0 Å². The number of nitrogens with one attached hydrogen (secondary N) is 1. The van der Waals surface area contributed by atoms with Gasteiger partial charge in [-0.05, 0) is 50.2 Å². The molecule has 7 heteroatoms. The number of hydrogen-bond donors (Lipinski definition) is 2. The topological polar surface area (TPSA) is 94.5 Å². The highest BCUT2D eigenvalue weighted by atomic mass is 16.5. The molecule has 3 N–H and O–H groups in total. The number of hydrogen-bond acceptors (Lipinski definition) is 5. The Morgan fingerprint density at radius 3 is 2.84 bits per heavy atom. The molecule has 4 rings (SSSR count). The van der Waals surface area contributed by atoms with Gasteiger partial charge in [-0.1, -0.05) is 25.5 Å². The van der Waals surface area contributed by atoms with Crippen molar-refractivity contribution in [1.82, 2.24) is 19.7 Å². The van der Waals surface area contributed by atoms with Gasteiger partial charge in [-0.3, -0.25) is 9.20 Å². The summed E-state index contributed by atoms with van der Waals surface area (Å²) in [6.07, 6.45) is 10.1. The fraction of sp³-hybridized carbons (Fsp3) is 0.480. The molecular weight excluding hydrogens is 402 g/mol. The van der Waals surface area contributed by atoms with Gasteiger partial charge in [-0.2, -0.15) is 0 Å². The minimum Gasteiger partial charge on any atom is -0.494 e. The molecule has 1 aliphatic rings. The third-order valence-electron chi connectivity index (χ3n) is 6.34. The van der Waals surface area contributed by atoms with E-state index in [0.717, 1.165) is 73.4 Å². The second kappa shape index (κ2) is 10.0. The van der Waals surface area contributed by atoms with Crippen LogP contribution in [0.15, 0.2) is 36.7 Å². The van der Waals surface area contributed by atoms with E-state index in [-0.39, 0.29) is 5.91 Å². The van der Waals surface area contributed by atoms with E-state index in [4.69, 9.17) is 15.5 Å². The molecule has 0 bridgehead atoms. The lowest BCUT2D eigenvalue weighted by Crippen LogP contribution is -2.29. The number of nitrogens with two attached hydrogens (primary N) is 1. The minimum atomic E-state index is 0.0416. The van der Waals surface area contributed by atoms with Crippen LogP contribution in [0.3, 0.4) is 0 Å². The first-order chi connectivity index (χ1) is 15.6. The maximum Gasteiger partial charge on any atom is 0.216 e. The predicted molar refractivity (Wildman–Crippen MR) is 127 cm³/mol. The first-order valence-corrected chi connectivity index (χ1v) is 11.7. The van der Waals surface area contributed by atoms with Gasteiger partial charge in [0.05, 0.1) is 6.61 Å². The molecule has 170 valence electrons. The van der Waals surface area contributed by atoms with Crippen LogP contribution in [0.4, 0.5) is 5.82 Å². The van der Waals surface area contributed by atoms with Crippen molar-refractivity contribution in [3.63, 3.8) is 0 Å². The Morgan fingerprint density at radius 2 is 2.09 bits per heavy atom. The van der Waals surface area contributed by atoms with Gasteiger partial charge in [0.25, 0.3) is 0 Å². The van der Waals surface area contributed by atoms with E-state index in [1.807, 2.05) is 24.4 Å². The number of benzene rings is 1. The standard InChI is InChI=1S/C25H33N5O2/c1-3-4-14-32-21-7-5-6-20(15-21)22-23-24(26)27-12-13-30(23)25(29-22)19-10-8-18(9-11-19)16-28-17(2)31/h5-7,12-13,15,18-19H,3-4,8-11,14,16H2,1-2H3,(H2,26,27)(H,28,31)/t18-,19+. The number of nitrogen functional groups attached to an aromatic ring is 1. The molecule has 2 aromatic heterocycles. The highest BCUT2D eigenvalue weighted by Gasteiger charge is 2.27. The monoisotopic (exact) mass is 435 g/mol. The normalized spacial score (nSPS) is 18.6. The predicted octanol–water partition coefficient (Wildman–Crippen LogP) is 4.57. The van der Waals surface area contributed by atoms with E-state index in [0.29, 0.717) is 24.3 Å². The van der Waals surface area contributed by atoms with Gasteiger partial charge in [0, 0.05) is 37.3 Å². The van der Waals surface area contributed by atoms with Crippen LogP contribution in [-0.4, -0.2) is 33.4 Å². The first kappa shape index (κ1) is 22.1. The Labute approximate surface area is 189 Å². The fourth-order valence-corrected chi connectivity index (χ4v) is 4.56. The van der Waals surface area contributed by atoms with Gasteiger partial charge in [0.15, 0.2) is 0 Å². The van der Waals surface area contributed by atoms with Gasteiger partial charge >= 0.3 is 0 Å². The van der Waals surface area contributed by atoms with Crippen molar-refractivity contribution in [2.24, 2.45) is 5.92 Å². The number of anilines is 1. The Bertz CT molecular complexity index is 1070. The number of fused-ring (bicyclic) bond motifs is 1. The smallest absolute Gasteiger partial charge is 0.216 e. The van der Waals surface area contributed by atoms with Crippen LogP contribution < -0.4 is 15.8 Å². The number of aromatic nitrogens is 3. The van der Waals surface area contributed by atoms with Crippen molar-refractivity contribution in [1.29, 1.82) is 0 Å². The Balaban J connectivity index is 1.61. The van der Waals surface area contributed by atoms with Gasteiger partial charge in [0.1, 0.15) is 28.6 Å². The Morgan fingerprint density at radius 1 is 1.28 bits per heavy atom. The van der Waals surface area contributed by atoms with Crippen LogP contribution in [0.2, 0.25) is 0 Å². The molecule has 0 aliphatic heterocycles. The lowest BCUT2D eigenvalue weighted by molar-refractivity contribution is -0.119. The highest BCUT2D eigenvalue weighted by molar-refractivity contribution is 5.85. The quantitative estimate of drug-likeness (QED) is 0.506. The molecule has 3 aromatic rings. The molecule has 1 fully saturated rings. The summed E-state index contributed by atoms with van der Waals surface area (Å²) in [5, 5.41) is 2.96.